The smallest absolute Gasteiger partial charge is 0.162 e. The number of nitrogens with one attached hydrogen (secondary N) is 1. The van der Waals surface area contributed by atoms with Gasteiger partial charge in [-0.3, -0.25) is 4.98 Å². The van der Waals surface area contributed by atoms with E-state index in [0.29, 0.717) is 5.92 Å². The van der Waals surface area contributed by atoms with Crippen molar-refractivity contribution in [1.29, 1.82) is 0 Å². The number of hydrogen-bond donors (Lipinski definition) is 1. The Morgan fingerprint density at radius 2 is 2.05 bits per heavy atom. The normalized spacial score (nSPS) is 11.0. The highest BCUT2D eigenvalue weighted by molar-refractivity contribution is 9.10. The molecule has 112 valence electrons. The lowest BCUT2D eigenvalue weighted by atomic mass is 10.1. The van der Waals surface area contributed by atoms with E-state index >= 15 is 0 Å². The number of anilines is 1. The Bertz CT molecular complexity index is 626. The predicted molar refractivity (Wildman–Crippen MR) is 90.6 cm³/mol. The zero-order valence-electron chi connectivity index (χ0n) is 12.9. The van der Waals surface area contributed by atoms with Crippen LogP contribution in [0, 0.1) is 6.92 Å². The summed E-state index contributed by atoms with van der Waals surface area (Å²) in [7, 11) is 0. The van der Waals surface area contributed by atoms with Gasteiger partial charge in [-0.15, -0.1) is 0 Å². The summed E-state index contributed by atoms with van der Waals surface area (Å²) < 4.78 is 0.960. The first-order valence-corrected chi connectivity index (χ1v) is 8.06. The minimum absolute atomic E-state index is 0.324. The van der Waals surface area contributed by atoms with Gasteiger partial charge in [-0.1, -0.05) is 20.8 Å². The average Bonchev–Trinajstić information content (AvgIpc) is 2.46. The van der Waals surface area contributed by atoms with Crippen molar-refractivity contribution in [3.63, 3.8) is 0 Å². The fraction of sp³-hybridized carbons (Fsp3) is 0.438. The SMILES string of the molecule is CCCNc1nc(-c2ccncc2C)nc(C(C)C)c1Br. The van der Waals surface area contributed by atoms with Crippen LogP contribution >= 0.6 is 15.9 Å². The van der Waals surface area contributed by atoms with Crippen molar-refractivity contribution < 1.29 is 0 Å². The second kappa shape index (κ2) is 6.98. The number of rotatable bonds is 5. The van der Waals surface area contributed by atoms with Gasteiger partial charge in [0.25, 0.3) is 0 Å². The molecule has 0 atom stereocenters. The van der Waals surface area contributed by atoms with Crippen LogP contribution in [0.1, 0.15) is 44.4 Å². The summed E-state index contributed by atoms with van der Waals surface area (Å²) in [6.45, 7) is 9.34. The molecule has 1 N–H and O–H groups in total. The molecule has 0 bridgehead atoms. The number of aryl methyl sites for hydroxylation is 1. The highest BCUT2D eigenvalue weighted by Crippen LogP contribution is 2.32. The molecular formula is C16H21BrN4. The van der Waals surface area contributed by atoms with Crippen LogP contribution in [0.4, 0.5) is 5.82 Å². The highest BCUT2D eigenvalue weighted by atomic mass is 79.9. The molecule has 0 radical (unpaired) electrons. The first kappa shape index (κ1) is 15.9. The molecule has 2 rings (SSSR count). The Labute approximate surface area is 134 Å². The lowest BCUT2D eigenvalue weighted by Gasteiger charge is -2.15. The van der Waals surface area contributed by atoms with Crippen molar-refractivity contribution in [3.05, 3.63) is 34.2 Å². The summed E-state index contributed by atoms with van der Waals surface area (Å²) in [4.78, 5) is 13.6. The summed E-state index contributed by atoms with van der Waals surface area (Å²) in [5.41, 5.74) is 3.13. The predicted octanol–water partition coefficient (Wildman–Crippen LogP) is 4.55. The molecule has 0 aliphatic rings. The minimum atomic E-state index is 0.324. The van der Waals surface area contributed by atoms with E-state index in [-0.39, 0.29) is 0 Å². The topological polar surface area (TPSA) is 50.7 Å². The van der Waals surface area contributed by atoms with Crippen LogP contribution in [-0.4, -0.2) is 21.5 Å². The summed E-state index contributed by atoms with van der Waals surface area (Å²) in [6.07, 6.45) is 4.67. The molecule has 2 heterocycles. The van der Waals surface area contributed by atoms with Crippen molar-refractivity contribution in [2.75, 3.05) is 11.9 Å². The van der Waals surface area contributed by atoms with Gasteiger partial charge in [0.1, 0.15) is 5.82 Å². The zero-order valence-corrected chi connectivity index (χ0v) is 14.5. The lowest BCUT2D eigenvalue weighted by molar-refractivity contribution is 0.808. The second-order valence-corrected chi connectivity index (χ2v) is 6.16. The van der Waals surface area contributed by atoms with Crippen LogP contribution < -0.4 is 5.32 Å². The van der Waals surface area contributed by atoms with Crippen LogP contribution in [0.2, 0.25) is 0 Å². The third-order valence-electron chi connectivity index (χ3n) is 3.23. The molecule has 0 aliphatic heterocycles. The third kappa shape index (κ3) is 3.59. The Morgan fingerprint density at radius 3 is 2.67 bits per heavy atom. The van der Waals surface area contributed by atoms with E-state index in [0.717, 1.165) is 45.9 Å². The summed E-state index contributed by atoms with van der Waals surface area (Å²) in [5, 5.41) is 3.37. The van der Waals surface area contributed by atoms with E-state index in [1.165, 1.54) is 0 Å². The molecular weight excluding hydrogens is 328 g/mol. The van der Waals surface area contributed by atoms with Gasteiger partial charge in [0.15, 0.2) is 5.82 Å². The van der Waals surface area contributed by atoms with Gasteiger partial charge in [-0.2, -0.15) is 0 Å². The average molecular weight is 349 g/mol. The van der Waals surface area contributed by atoms with Crippen LogP contribution in [-0.2, 0) is 0 Å². The molecule has 0 saturated heterocycles. The van der Waals surface area contributed by atoms with E-state index in [9.17, 15) is 0 Å². The fourth-order valence-electron chi connectivity index (χ4n) is 2.05. The summed E-state index contributed by atoms with van der Waals surface area (Å²) in [6, 6.07) is 1.96. The van der Waals surface area contributed by atoms with E-state index in [1.807, 2.05) is 19.2 Å². The van der Waals surface area contributed by atoms with Gasteiger partial charge in [0.05, 0.1) is 10.2 Å². The molecule has 0 spiro atoms. The molecule has 0 aromatic carbocycles. The van der Waals surface area contributed by atoms with Crippen molar-refractivity contribution in [1.82, 2.24) is 15.0 Å². The number of halogens is 1. The number of nitrogens with zero attached hydrogens (tertiary/aromatic N) is 3. The number of hydrogen-bond acceptors (Lipinski definition) is 4. The van der Waals surface area contributed by atoms with Crippen LogP contribution in [0.5, 0.6) is 0 Å². The molecule has 2 aromatic rings. The van der Waals surface area contributed by atoms with Crippen molar-refractivity contribution in [3.8, 4) is 11.4 Å². The summed E-state index contributed by atoms with van der Waals surface area (Å²) in [5.74, 6) is 1.94. The quantitative estimate of drug-likeness (QED) is 0.860. The first-order chi connectivity index (χ1) is 10.0. The Balaban J connectivity index is 2.56. The Hall–Kier alpha value is -1.49. The zero-order chi connectivity index (χ0) is 15.4. The number of aromatic nitrogens is 3. The Kier molecular flexibility index (Phi) is 5.28. The maximum absolute atomic E-state index is 4.75. The van der Waals surface area contributed by atoms with Crippen molar-refractivity contribution in [2.24, 2.45) is 0 Å². The van der Waals surface area contributed by atoms with Gasteiger partial charge in [-0.05, 0) is 46.8 Å². The molecule has 2 aromatic heterocycles. The van der Waals surface area contributed by atoms with Gasteiger partial charge < -0.3 is 5.32 Å². The van der Waals surface area contributed by atoms with Gasteiger partial charge in [-0.25, -0.2) is 9.97 Å². The molecule has 0 amide bonds. The van der Waals surface area contributed by atoms with Crippen molar-refractivity contribution in [2.45, 2.75) is 40.0 Å². The van der Waals surface area contributed by atoms with Crippen LogP contribution in [0.25, 0.3) is 11.4 Å². The van der Waals surface area contributed by atoms with Gasteiger partial charge in [0, 0.05) is 24.5 Å². The maximum Gasteiger partial charge on any atom is 0.162 e. The molecule has 0 unspecified atom stereocenters. The maximum atomic E-state index is 4.75. The monoisotopic (exact) mass is 348 g/mol. The highest BCUT2D eigenvalue weighted by Gasteiger charge is 2.16. The van der Waals surface area contributed by atoms with Gasteiger partial charge >= 0.3 is 0 Å². The molecule has 4 nitrogen and oxygen atoms in total. The minimum Gasteiger partial charge on any atom is -0.369 e. The number of pyridine rings is 1. The molecule has 0 fully saturated rings. The van der Waals surface area contributed by atoms with E-state index < -0.39 is 0 Å². The van der Waals surface area contributed by atoms with Gasteiger partial charge in [0.2, 0.25) is 0 Å². The van der Waals surface area contributed by atoms with Crippen LogP contribution in [0.15, 0.2) is 22.9 Å². The fourth-order valence-corrected chi connectivity index (χ4v) is 2.83. The molecule has 0 aliphatic carbocycles. The molecule has 0 saturated carbocycles. The largest absolute Gasteiger partial charge is 0.369 e. The summed E-state index contributed by atoms with van der Waals surface area (Å²) >= 11 is 3.64. The van der Waals surface area contributed by atoms with Crippen molar-refractivity contribution >= 4 is 21.7 Å². The first-order valence-electron chi connectivity index (χ1n) is 7.26. The standard InChI is InChI=1S/C16H21BrN4/c1-5-7-19-16-13(17)14(10(2)3)20-15(21-16)12-6-8-18-9-11(12)4/h6,8-10H,5,7H2,1-4H3,(H,19,20,21). The van der Waals surface area contributed by atoms with Crippen LogP contribution in [0.3, 0.4) is 0 Å². The van der Waals surface area contributed by atoms with E-state index in [2.05, 4.69) is 52.0 Å². The molecule has 5 heteroatoms. The van der Waals surface area contributed by atoms with E-state index in [4.69, 9.17) is 4.98 Å². The third-order valence-corrected chi connectivity index (χ3v) is 4.01. The molecule has 21 heavy (non-hydrogen) atoms. The van der Waals surface area contributed by atoms with E-state index in [1.54, 1.807) is 6.20 Å². The Morgan fingerprint density at radius 1 is 1.29 bits per heavy atom. The lowest BCUT2D eigenvalue weighted by Crippen LogP contribution is -2.08. The second-order valence-electron chi connectivity index (χ2n) is 5.37.